The first kappa shape index (κ1) is 27.0. The zero-order valence-corrected chi connectivity index (χ0v) is 21.9. The number of nitrogens with zero attached hydrogens (tertiary/aromatic N) is 3. The van der Waals surface area contributed by atoms with Gasteiger partial charge < -0.3 is 33.2 Å². The summed E-state index contributed by atoms with van der Waals surface area (Å²) in [6.07, 6.45) is -0.362. The second kappa shape index (κ2) is 11.3. The second-order valence-electron chi connectivity index (χ2n) is 8.78. The first-order chi connectivity index (χ1) is 18.8. The smallest absolute Gasteiger partial charge is 0.459 e. The van der Waals surface area contributed by atoms with E-state index < -0.39 is 50.9 Å². The van der Waals surface area contributed by atoms with Crippen LogP contribution in [0.15, 0.2) is 71.7 Å². The van der Waals surface area contributed by atoms with Crippen molar-refractivity contribution in [1.82, 2.24) is 19.6 Å². The Balaban J connectivity index is 1.34. The van der Waals surface area contributed by atoms with E-state index in [-0.39, 0.29) is 5.75 Å². The fourth-order valence-electron chi connectivity index (χ4n) is 4.23. The lowest BCUT2D eigenvalue weighted by atomic mass is 10.1. The molecular weight excluding hydrogens is 531 g/mol. The standard InChI is InChI=1S/C25H27N4O9P/c1-15(25(32)34-2)28-39(33,38-16-7-4-3-5-8-16)36-13-19-21(30)22(31)24(37-19)29-11-10-17-20(18-9-6-12-35-18)26-14-27-23(17)29/h3-12,14-15,19,21-22,24,30-31H,13H2,1-2H3,(H,28,33)/t15-,19+,21+,22+,24+,39?/m0/s1. The van der Waals surface area contributed by atoms with Crippen molar-refractivity contribution >= 4 is 24.7 Å². The van der Waals surface area contributed by atoms with Gasteiger partial charge in [0.15, 0.2) is 12.0 Å². The lowest BCUT2D eigenvalue weighted by molar-refractivity contribution is -0.142. The number of ether oxygens (including phenoxy) is 2. The summed E-state index contributed by atoms with van der Waals surface area (Å²) in [6, 6.07) is 12.5. The maximum Gasteiger partial charge on any atom is 0.459 e. The van der Waals surface area contributed by atoms with Crippen molar-refractivity contribution < 1.29 is 42.5 Å². The average molecular weight is 558 g/mol. The molecule has 4 heterocycles. The highest BCUT2D eigenvalue weighted by Crippen LogP contribution is 2.46. The first-order valence-electron chi connectivity index (χ1n) is 12.0. The third kappa shape index (κ3) is 5.59. The number of rotatable bonds is 10. The molecule has 206 valence electrons. The Labute approximate surface area is 222 Å². The van der Waals surface area contributed by atoms with Gasteiger partial charge in [0.25, 0.3) is 0 Å². The van der Waals surface area contributed by atoms with Crippen LogP contribution in [0.1, 0.15) is 13.2 Å². The molecule has 1 aliphatic heterocycles. The predicted octanol–water partition coefficient (Wildman–Crippen LogP) is 2.67. The minimum absolute atomic E-state index is 0.224. The number of furan rings is 1. The van der Waals surface area contributed by atoms with Crippen LogP contribution in [0.25, 0.3) is 22.5 Å². The van der Waals surface area contributed by atoms with Crippen LogP contribution < -0.4 is 9.61 Å². The average Bonchev–Trinajstić information content (AvgIpc) is 3.68. The predicted molar refractivity (Wildman–Crippen MR) is 136 cm³/mol. The van der Waals surface area contributed by atoms with E-state index in [4.69, 9.17) is 18.2 Å². The molecule has 3 aromatic heterocycles. The van der Waals surface area contributed by atoms with Crippen molar-refractivity contribution in [2.24, 2.45) is 0 Å². The lowest BCUT2D eigenvalue weighted by Crippen LogP contribution is -2.37. The minimum Gasteiger partial charge on any atom is -0.468 e. The van der Waals surface area contributed by atoms with Gasteiger partial charge in [-0.05, 0) is 37.3 Å². The Morgan fingerprint density at radius 1 is 1.15 bits per heavy atom. The molecule has 1 fully saturated rings. The molecule has 0 amide bonds. The van der Waals surface area contributed by atoms with Crippen molar-refractivity contribution in [3.8, 4) is 17.2 Å². The second-order valence-corrected chi connectivity index (χ2v) is 10.5. The molecule has 1 unspecified atom stereocenters. The van der Waals surface area contributed by atoms with Gasteiger partial charge >= 0.3 is 13.7 Å². The van der Waals surface area contributed by atoms with E-state index in [1.807, 2.05) is 0 Å². The molecule has 1 saturated heterocycles. The number of carbonyl (C=O) groups is 1. The third-order valence-electron chi connectivity index (χ3n) is 6.16. The van der Waals surface area contributed by atoms with Crippen molar-refractivity contribution in [3.05, 3.63) is 67.3 Å². The third-order valence-corrected chi connectivity index (χ3v) is 7.80. The summed E-state index contributed by atoms with van der Waals surface area (Å²) >= 11 is 0. The first-order valence-corrected chi connectivity index (χ1v) is 13.6. The summed E-state index contributed by atoms with van der Waals surface area (Å²) in [7, 11) is -2.98. The minimum atomic E-state index is -4.18. The lowest BCUT2D eigenvalue weighted by Gasteiger charge is -2.24. The molecule has 4 aromatic rings. The van der Waals surface area contributed by atoms with Gasteiger partial charge in [-0.3, -0.25) is 9.32 Å². The van der Waals surface area contributed by atoms with Gasteiger partial charge in [0.2, 0.25) is 0 Å². The number of benzene rings is 1. The number of methoxy groups -OCH3 is 1. The molecule has 39 heavy (non-hydrogen) atoms. The summed E-state index contributed by atoms with van der Waals surface area (Å²) < 4.78 is 42.4. The normalized spacial score (nSPS) is 23.4. The Bertz CT molecular complexity index is 1460. The molecular formula is C25H27N4O9P. The van der Waals surface area contributed by atoms with E-state index in [0.29, 0.717) is 22.5 Å². The van der Waals surface area contributed by atoms with Crippen LogP contribution >= 0.6 is 7.75 Å². The number of hydrogen-bond acceptors (Lipinski definition) is 11. The van der Waals surface area contributed by atoms with Gasteiger partial charge in [0, 0.05) is 11.6 Å². The molecule has 3 N–H and O–H groups in total. The van der Waals surface area contributed by atoms with Gasteiger partial charge in [-0.15, -0.1) is 0 Å². The molecule has 0 radical (unpaired) electrons. The molecule has 13 nitrogen and oxygen atoms in total. The summed E-state index contributed by atoms with van der Waals surface area (Å²) in [4.78, 5) is 20.6. The van der Waals surface area contributed by atoms with Crippen LogP contribution in [-0.4, -0.2) is 68.8 Å². The molecule has 0 spiro atoms. The maximum absolute atomic E-state index is 13.6. The number of nitrogens with one attached hydrogen (secondary N) is 1. The van der Waals surface area contributed by atoms with E-state index in [2.05, 4.69) is 19.8 Å². The molecule has 14 heteroatoms. The van der Waals surface area contributed by atoms with Crippen LogP contribution in [0.4, 0.5) is 0 Å². The highest BCUT2D eigenvalue weighted by molar-refractivity contribution is 7.52. The Morgan fingerprint density at radius 3 is 2.67 bits per heavy atom. The number of aromatic nitrogens is 3. The molecule has 1 aromatic carbocycles. The zero-order valence-electron chi connectivity index (χ0n) is 21.0. The van der Waals surface area contributed by atoms with Gasteiger partial charge in [0.1, 0.15) is 47.8 Å². The number of carbonyl (C=O) groups excluding carboxylic acids is 1. The highest BCUT2D eigenvalue weighted by atomic mass is 31.2. The maximum atomic E-state index is 13.6. The number of esters is 1. The number of aliphatic hydroxyl groups is 2. The van der Waals surface area contributed by atoms with E-state index in [1.165, 1.54) is 26.6 Å². The van der Waals surface area contributed by atoms with Crippen molar-refractivity contribution in [2.45, 2.75) is 37.5 Å². The number of fused-ring (bicyclic) bond motifs is 1. The summed E-state index contributed by atoms with van der Waals surface area (Å²) in [5.41, 5.74) is 1.00. The van der Waals surface area contributed by atoms with Crippen molar-refractivity contribution in [3.63, 3.8) is 0 Å². The summed E-state index contributed by atoms with van der Waals surface area (Å²) in [6.45, 7) is 0.998. The van der Waals surface area contributed by atoms with Gasteiger partial charge in [-0.1, -0.05) is 18.2 Å². The largest absolute Gasteiger partial charge is 0.468 e. The van der Waals surface area contributed by atoms with Crippen molar-refractivity contribution in [2.75, 3.05) is 13.7 Å². The van der Waals surface area contributed by atoms with Crippen molar-refractivity contribution in [1.29, 1.82) is 0 Å². The van der Waals surface area contributed by atoms with Crippen LogP contribution in [-0.2, 0) is 23.4 Å². The van der Waals surface area contributed by atoms with Gasteiger partial charge in [-0.2, -0.15) is 5.09 Å². The number of aliphatic hydroxyl groups excluding tert-OH is 2. The molecule has 0 aliphatic carbocycles. The van der Waals surface area contributed by atoms with E-state index in [1.54, 1.807) is 59.3 Å². The molecule has 1 aliphatic rings. The SMILES string of the molecule is COC(=O)[C@H](C)NP(=O)(OC[C@H]1O[C@@H](n2ccc3c(-c4ccco4)ncnc32)[C@H](O)[C@@H]1O)Oc1ccccc1. The number of para-hydroxylation sites is 1. The van der Waals surface area contributed by atoms with Crippen LogP contribution in [0, 0.1) is 0 Å². The Kier molecular flexibility index (Phi) is 7.80. The quantitative estimate of drug-likeness (QED) is 0.193. The monoisotopic (exact) mass is 558 g/mol. The van der Waals surface area contributed by atoms with E-state index in [9.17, 15) is 19.6 Å². The van der Waals surface area contributed by atoms with E-state index in [0.717, 1.165) is 0 Å². The zero-order chi connectivity index (χ0) is 27.6. The van der Waals surface area contributed by atoms with Crippen LogP contribution in [0.2, 0.25) is 0 Å². The fourth-order valence-corrected chi connectivity index (χ4v) is 5.73. The molecule has 5 rings (SSSR count). The molecule has 6 atom stereocenters. The van der Waals surface area contributed by atoms with E-state index >= 15 is 0 Å². The van der Waals surface area contributed by atoms with Crippen LogP contribution in [0.5, 0.6) is 5.75 Å². The topological polar surface area (TPSA) is 167 Å². The summed E-state index contributed by atoms with van der Waals surface area (Å²) in [5.74, 6) is 0.0859. The van der Waals surface area contributed by atoms with Crippen LogP contribution in [0.3, 0.4) is 0 Å². The Morgan fingerprint density at radius 2 is 1.95 bits per heavy atom. The highest BCUT2D eigenvalue weighted by Gasteiger charge is 2.46. The molecule has 0 saturated carbocycles. The Hall–Kier alpha value is -3.58. The summed E-state index contributed by atoms with van der Waals surface area (Å²) in [5, 5.41) is 24.8. The van der Waals surface area contributed by atoms with Gasteiger partial charge in [-0.25, -0.2) is 14.5 Å². The fraction of sp³-hybridized carbons (Fsp3) is 0.320. The van der Waals surface area contributed by atoms with Gasteiger partial charge in [0.05, 0.1) is 20.0 Å². The molecule has 0 bridgehead atoms. The number of hydrogen-bond donors (Lipinski definition) is 3.